The summed E-state index contributed by atoms with van der Waals surface area (Å²) in [6, 6.07) is 5.39. The molecule has 3 heterocycles. The SMILES string of the molecule is C[C@@H](Nc1nccc(N2C(=O)OC[C@@H]2[C@@H](C)O)n1)c1nc(-c2ccc(OC(F)(F)F)cc2)no1. The van der Waals surface area contributed by atoms with E-state index in [1.54, 1.807) is 13.8 Å². The molecule has 34 heavy (non-hydrogen) atoms. The fourth-order valence-corrected chi connectivity index (χ4v) is 3.20. The van der Waals surface area contributed by atoms with Crippen molar-refractivity contribution in [1.29, 1.82) is 0 Å². The average molecular weight is 480 g/mol. The van der Waals surface area contributed by atoms with Gasteiger partial charge in [0.25, 0.3) is 0 Å². The van der Waals surface area contributed by atoms with Crippen molar-refractivity contribution in [2.75, 3.05) is 16.8 Å². The van der Waals surface area contributed by atoms with Crippen molar-refractivity contribution in [3.63, 3.8) is 0 Å². The first-order chi connectivity index (χ1) is 16.1. The molecule has 3 atom stereocenters. The summed E-state index contributed by atoms with van der Waals surface area (Å²) in [5.74, 6) is 0.359. The van der Waals surface area contributed by atoms with E-state index in [0.29, 0.717) is 5.56 Å². The average Bonchev–Trinajstić information content (AvgIpc) is 3.41. The largest absolute Gasteiger partial charge is 0.573 e. The van der Waals surface area contributed by atoms with Gasteiger partial charge >= 0.3 is 12.5 Å². The molecule has 1 fully saturated rings. The van der Waals surface area contributed by atoms with Crippen molar-refractivity contribution in [2.45, 2.75) is 38.4 Å². The molecule has 11 nitrogen and oxygen atoms in total. The molecule has 0 bridgehead atoms. The Morgan fingerprint density at radius 2 is 1.94 bits per heavy atom. The molecule has 1 amide bonds. The summed E-state index contributed by atoms with van der Waals surface area (Å²) in [5, 5.41) is 16.7. The van der Waals surface area contributed by atoms with Gasteiger partial charge in [0.05, 0.1) is 6.10 Å². The molecule has 3 aromatic rings. The number of hydrogen-bond donors (Lipinski definition) is 2. The van der Waals surface area contributed by atoms with Crippen LogP contribution in [0.1, 0.15) is 25.8 Å². The zero-order chi connectivity index (χ0) is 24.5. The molecule has 1 saturated heterocycles. The van der Waals surface area contributed by atoms with E-state index >= 15 is 0 Å². The number of aliphatic hydroxyl groups excluding tert-OH is 1. The highest BCUT2D eigenvalue weighted by molar-refractivity contribution is 5.89. The van der Waals surface area contributed by atoms with E-state index in [4.69, 9.17) is 9.26 Å². The quantitative estimate of drug-likeness (QED) is 0.518. The Balaban J connectivity index is 1.46. The maximum absolute atomic E-state index is 12.3. The van der Waals surface area contributed by atoms with Crippen LogP contribution in [0.3, 0.4) is 0 Å². The van der Waals surface area contributed by atoms with Crippen molar-refractivity contribution in [3.05, 3.63) is 42.4 Å². The molecule has 1 aliphatic heterocycles. The van der Waals surface area contributed by atoms with Crippen LogP contribution in [0.25, 0.3) is 11.4 Å². The predicted molar refractivity (Wildman–Crippen MR) is 110 cm³/mol. The fourth-order valence-electron chi connectivity index (χ4n) is 3.20. The Morgan fingerprint density at radius 3 is 2.62 bits per heavy atom. The number of aromatic nitrogens is 4. The topological polar surface area (TPSA) is 136 Å². The number of benzene rings is 1. The van der Waals surface area contributed by atoms with Gasteiger partial charge in [0, 0.05) is 11.8 Å². The number of nitrogens with zero attached hydrogens (tertiary/aromatic N) is 5. The molecule has 180 valence electrons. The van der Waals surface area contributed by atoms with Crippen molar-refractivity contribution in [3.8, 4) is 17.1 Å². The standard InChI is InChI=1S/C20H19F3N6O5/c1-10(17-27-16(28-34-17)12-3-5-13(6-4-12)33-20(21,22)23)25-18-24-8-7-15(26-18)29-14(11(2)30)9-32-19(29)31/h3-8,10-11,14,30H,9H2,1-2H3,(H,24,25,26)/t10-,11-,14-/m1/s1. The second kappa shape index (κ2) is 9.13. The molecule has 4 rings (SSSR count). The maximum Gasteiger partial charge on any atom is 0.573 e. The number of anilines is 2. The maximum atomic E-state index is 12.3. The number of alkyl halides is 3. The van der Waals surface area contributed by atoms with Crippen molar-refractivity contribution in [2.24, 2.45) is 0 Å². The lowest BCUT2D eigenvalue weighted by Gasteiger charge is -2.22. The number of amides is 1. The highest BCUT2D eigenvalue weighted by Crippen LogP contribution is 2.27. The lowest BCUT2D eigenvalue weighted by molar-refractivity contribution is -0.274. The number of hydrogen-bond acceptors (Lipinski definition) is 10. The Labute approximate surface area is 190 Å². The fraction of sp³-hybridized carbons (Fsp3) is 0.350. The van der Waals surface area contributed by atoms with Crippen LogP contribution in [-0.4, -0.2) is 56.4 Å². The number of rotatable bonds is 7. The summed E-state index contributed by atoms with van der Waals surface area (Å²) in [7, 11) is 0. The number of carbonyl (C=O) groups excluding carboxylic acids is 1. The summed E-state index contributed by atoms with van der Waals surface area (Å²) in [6.07, 6.45) is -4.81. The minimum Gasteiger partial charge on any atom is -0.447 e. The van der Waals surface area contributed by atoms with E-state index in [9.17, 15) is 23.1 Å². The molecule has 0 radical (unpaired) electrons. The van der Waals surface area contributed by atoms with Crippen LogP contribution >= 0.6 is 0 Å². The molecule has 1 aromatic carbocycles. The van der Waals surface area contributed by atoms with Gasteiger partial charge in [-0.15, -0.1) is 13.2 Å². The molecular formula is C20H19F3N6O5. The minimum atomic E-state index is -4.78. The number of cyclic esters (lactones) is 1. The first-order valence-corrected chi connectivity index (χ1v) is 10.0. The zero-order valence-corrected chi connectivity index (χ0v) is 17.9. The minimum absolute atomic E-state index is 0.0355. The summed E-state index contributed by atoms with van der Waals surface area (Å²) in [5.41, 5.74) is 0.423. The monoisotopic (exact) mass is 480 g/mol. The molecular weight excluding hydrogens is 461 g/mol. The lowest BCUT2D eigenvalue weighted by atomic mass is 10.2. The molecule has 0 spiro atoms. The van der Waals surface area contributed by atoms with Gasteiger partial charge in [-0.1, -0.05) is 5.16 Å². The van der Waals surface area contributed by atoms with Crippen LogP contribution in [0, 0.1) is 0 Å². The Hall–Kier alpha value is -3.94. The van der Waals surface area contributed by atoms with E-state index in [-0.39, 0.29) is 35.8 Å². The van der Waals surface area contributed by atoms with Crippen molar-refractivity contribution >= 4 is 17.9 Å². The Bertz CT molecular complexity index is 1150. The third-order valence-electron chi connectivity index (χ3n) is 4.85. The predicted octanol–water partition coefficient (Wildman–Crippen LogP) is 3.30. The van der Waals surface area contributed by atoms with Crippen LogP contribution in [0.4, 0.5) is 29.7 Å². The second-order valence-corrected chi connectivity index (χ2v) is 7.39. The normalized spacial score (nSPS) is 17.9. The molecule has 2 aromatic heterocycles. The summed E-state index contributed by atoms with van der Waals surface area (Å²) < 4.78 is 51.0. The van der Waals surface area contributed by atoms with Crippen LogP contribution in [0.2, 0.25) is 0 Å². The smallest absolute Gasteiger partial charge is 0.447 e. The lowest BCUT2D eigenvalue weighted by Crippen LogP contribution is -2.41. The number of nitrogens with one attached hydrogen (secondary N) is 1. The number of halogens is 3. The second-order valence-electron chi connectivity index (χ2n) is 7.39. The van der Waals surface area contributed by atoms with Gasteiger partial charge in [-0.05, 0) is 44.2 Å². The van der Waals surface area contributed by atoms with Crippen LogP contribution in [-0.2, 0) is 4.74 Å². The van der Waals surface area contributed by atoms with Gasteiger partial charge in [0.2, 0.25) is 17.7 Å². The van der Waals surface area contributed by atoms with Crippen molar-refractivity contribution < 1.29 is 37.1 Å². The molecule has 2 N–H and O–H groups in total. The van der Waals surface area contributed by atoms with Gasteiger partial charge in [-0.25, -0.2) is 9.78 Å². The van der Waals surface area contributed by atoms with Gasteiger partial charge in [0.15, 0.2) is 0 Å². The third-order valence-corrected chi connectivity index (χ3v) is 4.85. The number of carbonyl (C=O) groups is 1. The van der Waals surface area contributed by atoms with Crippen LogP contribution < -0.4 is 15.0 Å². The van der Waals surface area contributed by atoms with E-state index in [1.807, 2.05) is 0 Å². The van der Waals surface area contributed by atoms with Gasteiger partial charge in [0.1, 0.15) is 30.3 Å². The molecule has 1 aliphatic rings. The number of aliphatic hydroxyl groups is 1. The van der Waals surface area contributed by atoms with Gasteiger partial charge < -0.3 is 24.4 Å². The summed E-state index contributed by atoms with van der Waals surface area (Å²) in [4.78, 5) is 26.0. The molecule has 0 unspecified atom stereocenters. The first-order valence-electron chi connectivity index (χ1n) is 10.0. The van der Waals surface area contributed by atoms with Gasteiger partial charge in [-0.2, -0.15) is 9.97 Å². The van der Waals surface area contributed by atoms with E-state index in [0.717, 1.165) is 12.1 Å². The number of ether oxygens (including phenoxy) is 2. The highest BCUT2D eigenvalue weighted by Gasteiger charge is 2.38. The van der Waals surface area contributed by atoms with E-state index in [2.05, 4.69) is 30.2 Å². The molecule has 0 aliphatic carbocycles. The zero-order valence-electron chi connectivity index (χ0n) is 17.9. The van der Waals surface area contributed by atoms with Crippen LogP contribution in [0.15, 0.2) is 41.1 Å². The molecule has 14 heteroatoms. The van der Waals surface area contributed by atoms with E-state index in [1.165, 1.54) is 29.3 Å². The molecule has 0 saturated carbocycles. The highest BCUT2D eigenvalue weighted by atomic mass is 19.4. The Morgan fingerprint density at radius 1 is 1.21 bits per heavy atom. The van der Waals surface area contributed by atoms with E-state index < -0.39 is 30.6 Å². The van der Waals surface area contributed by atoms with Gasteiger partial charge in [-0.3, -0.25) is 4.90 Å². The van der Waals surface area contributed by atoms with Crippen molar-refractivity contribution in [1.82, 2.24) is 20.1 Å². The Kier molecular flexibility index (Phi) is 6.24. The summed E-state index contributed by atoms with van der Waals surface area (Å²) >= 11 is 0. The van der Waals surface area contributed by atoms with Crippen LogP contribution in [0.5, 0.6) is 5.75 Å². The first kappa shape index (κ1) is 23.2. The third kappa shape index (κ3) is 5.17. The summed E-state index contributed by atoms with van der Waals surface area (Å²) in [6.45, 7) is 3.29.